The van der Waals surface area contributed by atoms with E-state index in [1.165, 1.54) is 16.7 Å². The molecule has 2 aromatic carbocycles. The Bertz CT molecular complexity index is 620. The first-order chi connectivity index (χ1) is 10.0. The summed E-state index contributed by atoms with van der Waals surface area (Å²) >= 11 is 0. The summed E-state index contributed by atoms with van der Waals surface area (Å²) in [7, 11) is 4.54. The molecule has 0 aliphatic carbocycles. The van der Waals surface area contributed by atoms with Gasteiger partial charge in [-0.1, -0.05) is 54.6 Å². The molecule has 1 atom stereocenters. The third-order valence-electron chi connectivity index (χ3n) is 4.54. The summed E-state index contributed by atoms with van der Waals surface area (Å²) in [6.07, 6.45) is 0. The highest BCUT2D eigenvalue weighted by atomic mass is 16.5. The second-order valence-corrected chi connectivity index (χ2v) is 6.72. The number of nitrogens with zero attached hydrogens (tertiary/aromatic N) is 1. The Morgan fingerprint density at radius 1 is 0.952 bits per heavy atom. The van der Waals surface area contributed by atoms with Gasteiger partial charge in [0.1, 0.15) is 18.7 Å². The lowest BCUT2D eigenvalue weighted by molar-refractivity contribution is -0.904. The fraction of sp³-hybridized carbons (Fsp3) is 0.368. The lowest BCUT2D eigenvalue weighted by Crippen LogP contribution is -2.46. The molecule has 3 rings (SSSR count). The van der Waals surface area contributed by atoms with Crippen LogP contribution in [0.25, 0.3) is 0 Å². The van der Waals surface area contributed by atoms with Crippen molar-refractivity contribution in [3.63, 3.8) is 0 Å². The first kappa shape index (κ1) is 14.3. The zero-order valence-corrected chi connectivity index (χ0v) is 13.2. The molecule has 1 aliphatic heterocycles. The lowest BCUT2D eigenvalue weighted by Gasteiger charge is -2.39. The van der Waals surface area contributed by atoms with Crippen molar-refractivity contribution in [1.82, 2.24) is 0 Å². The highest BCUT2D eigenvalue weighted by Gasteiger charge is 2.35. The molecule has 110 valence electrons. The van der Waals surface area contributed by atoms with Crippen LogP contribution in [0.3, 0.4) is 0 Å². The standard InChI is InChI=1S/C19H24NO/c1-19(17-10-5-4-6-11-17)18-12-8-7-9-16(18)15-20(2,3)13-14-21-19/h4-12H,13-15H2,1-3H3/q+1. The largest absolute Gasteiger partial charge is 0.360 e. The van der Waals surface area contributed by atoms with Gasteiger partial charge in [-0.15, -0.1) is 0 Å². The Labute approximate surface area is 127 Å². The maximum atomic E-state index is 6.40. The number of fused-ring (bicyclic) bond motifs is 1. The molecule has 2 aromatic rings. The molecular weight excluding hydrogens is 258 g/mol. The molecule has 0 saturated carbocycles. The fourth-order valence-corrected chi connectivity index (χ4v) is 3.23. The number of rotatable bonds is 1. The van der Waals surface area contributed by atoms with Gasteiger partial charge in [-0.2, -0.15) is 0 Å². The molecule has 0 saturated heterocycles. The summed E-state index contributed by atoms with van der Waals surface area (Å²) in [5.74, 6) is 0. The van der Waals surface area contributed by atoms with Crippen LogP contribution in [0.2, 0.25) is 0 Å². The molecule has 0 aromatic heterocycles. The number of ether oxygens (including phenoxy) is 1. The van der Waals surface area contributed by atoms with Crippen LogP contribution in [0, 0.1) is 0 Å². The zero-order valence-electron chi connectivity index (χ0n) is 13.2. The molecular formula is C19H24NO+. The summed E-state index contributed by atoms with van der Waals surface area (Å²) in [5.41, 5.74) is 3.54. The monoisotopic (exact) mass is 282 g/mol. The van der Waals surface area contributed by atoms with Gasteiger partial charge in [0.15, 0.2) is 0 Å². The Morgan fingerprint density at radius 3 is 2.38 bits per heavy atom. The average molecular weight is 282 g/mol. The number of quaternary nitrogens is 1. The van der Waals surface area contributed by atoms with Crippen molar-refractivity contribution >= 4 is 0 Å². The van der Waals surface area contributed by atoms with E-state index < -0.39 is 0 Å². The minimum atomic E-state index is -0.363. The molecule has 1 aliphatic rings. The van der Waals surface area contributed by atoms with Crippen molar-refractivity contribution in [2.24, 2.45) is 0 Å². The number of likely N-dealkylation sites (N-methyl/N-ethyl adjacent to an activating group) is 1. The number of benzene rings is 2. The molecule has 0 radical (unpaired) electrons. The van der Waals surface area contributed by atoms with Crippen LogP contribution in [0.1, 0.15) is 23.6 Å². The van der Waals surface area contributed by atoms with Crippen molar-refractivity contribution in [3.05, 3.63) is 71.3 Å². The first-order valence-corrected chi connectivity index (χ1v) is 7.61. The van der Waals surface area contributed by atoms with E-state index in [1.807, 2.05) is 0 Å². The van der Waals surface area contributed by atoms with E-state index in [-0.39, 0.29) is 5.60 Å². The Balaban J connectivity index is 2.14. The molecule has 2 heteroatoms. The van der Waals surface area contributed by atoms with Crippen LogP contribution in [0.5, 0.6) is 0 Å². The molecule has 0 amide bonds. The molecule has 2 nitrogen and oxygen atoms in total. The second kappa shape index (κ2) is 5.28. The molecule has 1 unspecified atom stereocenters. The summed E-state index contributed by atoms with van der Waals surface area (Å²) in [6, 6.07) is 19.3. The van der Waals surface area contributed by atoms with E-state index in [4.69, 9.17) is 4.74 Å². The van der Waals surface area contributed by atoms with Gasteiger partial charge in [-0.3, -0.25) is 0 Å². The van der Waals surface area contributed by atoms with Gasteiger partial charge >= 0.3 is 0 Å². The van der Waals surface area contributed by atoms with Gasteiger partial charge in [0, 0.05) is 5.56 Å². The van der Waals surface area contributed by atoms with Crippen LogP contribution < -0.4 is 0 Å². The van der Waals surface area contributed by atoms with E-state index in [0.717, 1.165) is 24.2 Å². The minimum absolute atomic E-state index is 0.363. The Hall–Kier alpha value is -1.64. The number of hydrogen-bond donors (Lipinski definition) is 0. The lowest BCUT2D eigenvalue weighted by atomic mass is 9.84. The quantitative estimate of drug-likeness (QED) is 0.727. The van der Waals surface area contributed by atoms with Crippen molar-refractivity contribution in [1.29, 1.82) is 0 Å². The van der Waals surface area contributed by atoms with Crippen LogP contribution in [-0.2, 0) is 16.9 Å². The van der Waals surface area contributed by atoms with Crippen LogP contribution in [0.4, 0.5) is 0 Å². The molecule has 21 heavy (non-hydrogen) atoms. The van der Waals surface area contributed by atoms with Crippen molar-refractivity contribution in [2.75, 3.05) is 27.2 Å². The zero-order chi connectivity index (χ0) is 14.9. The third kappa shape index (κ3) is 2.74. The Morgan fingerprint density at radius 2 is 1.62 bits per heavy atom. The topological polar surface area (TPSA) is 9.23 Å². The smallest absolute Gasteiger partial charge is 0.116 e. The predicted octanol–water partition coefficient (Wildman–Crippen LogP) is 3.56. The first-order valence-electron chi connectivity index (χ1n) is 7.61. The molecule has 0 fully saturated rings. The van der Waals surface area contributed by atoms with Crippen LogP contribution in [0.15, 0.2) is 54.6 Å². The summed E-state index contributed by atoms with van der Waals surface area (Å²) in [6.45, 7) is 5.04. The summed E-state index contributed by atoms with van der Waals surface area (Å²) in [5, 5.41) is 0. The highest BCUT2D eigenvalue weighted by Crippen LogP contribution is 2.37. The molecule has 1 heterocycles. The van der Waals surface area contributed by atoms with E-state index in [9.17, 15) is 0 Å². The second-order valence-electron chi connectivity index (χ2n) is 6.72. The van der Waals surface area contributed by atoms with Crippen LogP contribution in [-0.4, -0.2) is 31.7 Å². The maximum Gasteiger partial charge on any atom is 0.116 e. The number of hydrogen-bond acceptors (Lipinski definition) is 1. The van der Waals surface area contributed by atoms with Gasteiger partial charge in [0.25, 0.3) is 0 Å². The molecule has 0 N–H and O–H groups in total. The third-order valence-corrected chi connectivity index (χ3v) is 4.54. The average Bonchev–Trinajstić information content (AvgIpc) is 2.46. The van der Waals surface area contributed by atoms with Crippen molar-refractivity contribution in [3.8, 4) is 0 Å². The van der Waals surface area contributed by atoms with Gasteiger partial charge in [0.05, 0.1) is 20.7 Å². The van der Waals surface area contributed by atoms with E-state index in [2.05, 4.69) is 75.6 Å². The SMILES string of the molecule is CC1(c2ccccc2)OCC[N+](C)(C)Cc2ccccc21. The van der Waals surface area contributed by atoms with Gasteiger partial charge < -0.3 is 9.22 Å². The highest BCUT2D eigenvalue weighted by molar-refractivity contribution is 5.40. The van der Waals surface area contributed by atoms with E-state index in [1.54, 1.807) is 0 Å². The maximum absolute atomic E-state index is 6.40. The van der Waals surface area contributed by atoms with Gasteiger partial charge in [-0.25, -0.2) is 0 Å². The van der Waals surface area contributed by atoms with E-state index >= 15 is 0 Å². The molecule has 0 bridgehead atoms. The predicted molar refractivity (Wildman–Crippen MR) is 86.0 cm³/mol. The molecule has 0 spiro atoms. The fourth-order valence-electron chi connectivity index (χ4n) is 3.23. The van der Waals surface area contributed by atoms with Crippen LogP contribution >= 0.6 is 0 Å². The summed E-state index contributed by atoms with van der Waals surface area (Å²) < 4.78 is 7.36. The minimum Gasteiger partial charge on any atom is -0.360 e. The summed E-state index contributed by atoms with van der Waals surface area (Å²) in [4.78, 5) is 0. The van der Waals surface area contributed by atoms with Crippen molar-refractivity contribution in [2.45, 2.75) is 19.1 Å². The van der Waals surface area contributed by atoms with Crippen molar-refractivity contribution < 1.29 is 9.22 Å². The van der Waals surface area contributed by atoms with Gasteiger partial charge in [-0.05, 0) is 18.1 Å². The Kier molecular flexibility index (Phi) is 3.60. The van der Waals surface area contributed by atoms with E-state index in [0.29, 0.717) is 0 Å². The normalized spacial score (nSPS) is 24.7. The van der Waals surface area contributed by atoms with Gasteiger partial charge in [0.2, 0.25) is 0 Å².